The minimum Gasteiger partial charge on any atom is -0.381 e. The summed E-state index contributed by atoms with van der Waals surface area (Å²) in [5.74, 6) is 1.42. The fraction of sp³-hybridized carbons (Fsp3) is 0.778. The van der Waals surface area contributed by atoms with Crippen molar-refractivity contribution in [2.24, 2.45) is 11.8 Å². The minimum atomic E-state index is -0.104. The number of fused-ring (bicyclic) bond motifs is 1. The second kappa shape index (κ2) is 7.23. The first-order chi connectivity index (χ1) is 11.8. The molecule has 0 radical (unpaired) electrons. The van der Waals surface area contributed by atoms with E-state index in [1.807, 2.05) is 0 Å². The van der Waals surface area contributed by atoms with Gasteiger partial charge >= 0.3 is 0 Å². The van der Waals surface area contributed by atoms with Crippen LogP contribution >= 0.6 is 0 Å². The SMILES string of the molecule is O=C(CC1CC1)NC[C@H]1OCCc2cn(CC3CCOCC3)nc21. The highest BCUT2D eigenvalue weighted by Crippen LogP contribution is 2.32. The average molecular weight is 333 g/mol. The van der Waals surface area contributed by atoms with E-state index in [1.54, 1.807) is 0 Å². The summed E-state index contributed by atoms with van der Waals surface area (Å²) in [7, 11) is 0. The van der Waals surface area contributed by atoms with Crippen LogP contribution in [0.2, 0.25) is 0 Å². The number of carbonyl (C=O) groups is 1. The van der Waals surface area contributed by atoms with E-state index >= 15 is 0 Å². The third kappa shape index (κ3) is 3.98. The lowest BCUT2D eigenvalue weighted by Gasteiger charge is -2.22. The Morgan fingerprint density at radius 1 is 1.21 bits per heavy atom. The number of hydrogen-bond donors (Lipinski definition) is 1. The van der Waals surface area contributed by atoms with Crippen LogP contribution in [0.4, 0.5) is 0 Å². The van der Waals surface area contributed by atoms with Crippen molar-refractivity contribution >= 4 is 5.91 Å². The molecule has 2 fully saturated rings. The molecule has 132 valence electrons. The number of carbonyl (C=O) groups excluding carboxylic acids is 1. The Bertz CT molecular complexity index is 576. The van der Waals surface area contributed by atoms with Crippen LogP contribution in [0.3, 0.4) is 0 Å². The summed E-state index contributed by atoms with van der Waals surface area (Å²) in [6.07, 6.45) is 8.28. The number of hydrogen-bond acceptors (Lipinski definition) is 4. The standard InChI is InChI=1S/C18H27N3O3/c22-17(9-13-1-2-13)19-10-16-18-15(5-8-24-16)12-21(20-18)11-14-3-6-23-7-4-14/h12-14,16H,1-11H2,(H,19,22)/t16-/m1/s1. The molecule has 0 bridgehead atoms. The van der Waals surface area contributed by atoms with Crippen molar-refractivity contribution in [3.05, 3.63) is 17.5 Å². The molecule has 2 aliphatic heterocycles. The molecule has 1 saturated heterocycles. The number of ether oxygens (including phenoxy) is 2. The van der Waals surface area contributed by atoms with Crippen LogP contribution in [0.1, 0.15) is 49.5 Å². The molecule has 0 spiro atoms. The third-order valence-electron chi connectivity index (χ3n) is 5.31. The van der Waals surface area contributed by atoms with Crippen LogP contribution in [0.25, 0.3) is 0 Å². The maximum absolute atomic E-state index is 11.9. The highest BCUT2D eigenvalue weighted by Gasteiger charge is 2.28. The average Bonchev–Trinajstić information content (AvgIpc) is 3.30. The quantitative estimate of drug-likeness (QED) is 0.863. The third-order valence-corrected chi connectivity index (χ3v) is 5.31. The van der Waals surface area contributed by atoms with E-state index < -0.39 is 0 Å². The molecule has 6 heteroatoms. The van der Waals surface area contributed by atoms with Gasteiger partial charge in [-0.25, -0.2) is 0 Å². The van der Waals surface area contributed by atoms with E-state index in [0.29, 0.717) is 31.4 Å². The van der Waals surface area contributed by atoms with Gasteiger partial charge in [0.2, 0.25) is 5.91 Å². The molecular weight excluding hydrogens is 306 g/mol. The fourth-order valence-electron chi connectivity index (χ4n) is 3.64. The fourth-order valence-corrected chi connectivity index (χ4v) is 3.64. The zero-order valence-electron chi connectivity index (χ0n) is 14.2. The highest BCUT2D eigenvalue weighted by molar-refractivity contribution is 5.76. The molecular formula is C18H27N3O3. The second-order valence-corrected chi connectivity index (χ2v) is 7.38. The van der Waals surface area contributed by atoms with Crippen molar-refractivity contribution < 1.29 is 14.3 Å². The molecule has 1 atom stereocenters. The Morgan fingerprint density at radius 3 is 2.83 bits per heavy atom. The predicted octanol–water partition coefficient (Wildman–Crippen LogP) is 1.84. The first-order valence-electron chi connectivity index (χ1n) is 9.30. The number of aromatic nitrogens is 2. The molecule has 0 unspecified atom stereocenters. The Labute approximate surface area is 142 Å². The van der Waals surface area contributed by atoms with Crippen LogP contribution in [0.15, 0.2) is 6.20 Å². The van der Waals surface area contributed by atoms with E-state index in [9.17, 15) is 4.79 Å². The Balaban J connectivity index is 1.35. The van der Waals surface area contributed by atoms with Crippen molar-refractivity contribution in [2.45, 2.75) is 51.2 Å². The second-order valence-electron chi connectivity index (χ2n) is 7.38. The highest BCUT2D eigenvalue weighted by atomic mass is 16.5. The smallest absolute Gasteiger partial charge is 0.220 e. The van der Waals surface area contributed by atoms with Gasteiger partial charge in [0.05, 0.1) is 12.3 Å². The van der Waals surface area contributed by atoms with Gasteiger partial charge in [-0.1, -0.05) is 0 Å². The van der Waals surface area contributed by atoms with E-state index in [2.05, 4.69) is 16.2 Å². The molecule has 24 heavy (non-hydrogen) atoms. The molecule has 1 saturated carbocycles. The molecule has 0 aromatic carbocycles. The Morgan fingerprint density at radius 2 is 2.04 bits per heavy atom. The molecule has 1 aliphatic carbocycles. The van der Waals surface area contributed by atoms with Gasteiger partial charge in [-0.2, -0.15) is 5.10 Å². The number of nitrogens with one attached hydrogen (secondary N) is 1. The maximum Gasteiger partial charge on any atom is 0.220 e. The van der Waals surface area contributed by atoms with Crippen molar-refractivity contribution in [1.82, 2.24) is 15.1 Å². The first kappa shape index (κ1) is 16.1. The van der Waals surface area contributed by atoms with Crippen LogP contribution in [-0.4, -0.2) is 42.1 Å². The van der Waals surface area contributed by atoms with Gasteiger partial charge in [0, 0.05) is 38.9 Å². The molecule has 1 aromatic heterocycles. The normalized spacial score (nSPS) is 24.6. The Kier molecular flexibility index (Phi) is 4.85. The van der Waals surface area contributed by atoms with Gasteiger partial charge in [-0.15, -0.1) is 0 Å². The number of amides is 1. The molecule has 1 N–H and O–H groups in total. The van der Waals surface area contributed by atoms with Gasteiger partial charge in [0.15, 0.2) is 0 Å². The summed E-state index contributed by atoms with van der Waals surface area (Å²) >= 11 is 0. The van der Waals surface area contributed by atoms with Crippen LogP contribution in [0.5, 0.6) is 0 Å². The van der Waals surface area contributed by atoms with Crippen LogP contribution in [0, 0.1) is 11.8 Å². The molecule has 1 amide bonds. The van der Waals surface area contributed by atoms with Gasteiger partial charge < -0.3 is 14.8 Å². The molecule has 3 aliphatic rings. The summed E-state index contributed by atoms with van der Waals surface area (Å²) in [5.41, 5.74) is 2.29. The van der Waals surface area contributed by atoms with E-state index in [4.69, 9.17) is 14.6 Å². The summed E-state index contributed by atoms with van der Waals surface area (Å²) in [6, 6.07) is 0. The van der Waals surface area contributed by atoms with E-state index in [0.717, 1.165) is 44.7 Å². The number of nitrogens with zero attached hydrogens (tertiary/aromatic N) is 2. The van der Waals surface area contributed by atoms with Gasteiger partial charge in [-0.05, 0) is 49.5 Å². The largest absolute Gasteiger partial charge is 0.381 e. The summed E-state index contributed by atoms with van der Waals surface area (Å²) < 4.78 is 13.4. The molecule has 1 aromatic rings. The Hall–Kier alpha value is -1.40. The van der Waals surface area contributed by atoms with Gasteiger partial charge in [0.25, 0.3) is 0 Å². The van der Waals surface area contributed by atoms with E-state index in [-0.39, 0.29) is 12.0 Å². The van der Waals surface area contributed by atoms with Gasteiger partial charge in [-0.3, -0.25) is 9.48 Å². The monoisotopic (exact) mass is 333 g/mol. The predicted molar refractivity (Wildman–Crippen MR) is 88.5 cm³/mol. The van der Waals surface area contributed by atoms with Crippen molar-refractivity contribution in [2.75, 3.05) is 26.4 Å². The van der Waals surface area contributed by atoms with Crippen LogP contribution < -0.4 is 5.32 Å². The number of rotatable bonds is 6. The maximum atomic E-state index is 11.9. The molecule has 3 heterocycles. The summed E-state index contributed by atoms with van der Waals surface area (Å²) in [4.78, 5) is 11.9. The molecule has 6 nitrogen and oxygen atoms in total. The summed E-state index contributed by atoms with van der Waals surface area (Å²) in [5, 5.41) is 7.80. The van der Waals surface area contributed by atoms with Gasteiger partial charge in [0.1, 0.15) is 6.10 Å². The van der Waals surface area contributed by atoms with Crippen LogP contribution in [-0.2, 0) is 27.2 Å². The van der Waals surface area contributed by atoms with Crippen molar-refractivity contribution in [3.8, 4) is 0 Å². The van der Waals surface area contributed by atoms with E-state index in [1.165, 1.54) is 18.4 Å². The zero-order chi connectivity index (χ0) is 16.4. The minimum absolute atomic E-state index is 0.104. The first-order valence-corrected chi connectivity index (χ1v) is 9.30. The lowest BCUT2D eigenvalue weighted by molar-refractivity contribution is -0.122. The zero-order valence-corrected chi connectivity index (χ0v) is 14.2. The summed E-state index contributed by atoms with van der Waals surface area (Å²) in [6.45, 7) is 3.93. The lowest BCUT2D eigenvalue weighted by Crippen LogP contribution is -2.32. The topological polar surface area (TPSA) is 65.4 Å². The van der Waals surface area contributed by atoms with Crippen molar-refractivity contribution in [1.29, 1.82) is 0 Å². The van der Waals surface area contributed by atoms with Crippen molar-refractivity contribution in [3.63, 3.8) is 0 Å². The lowest BCUT2D eigenvalue weighted by atomic mass is 10.0. The molecule has 4 rings (SSSR count).